The lowest BCUT2D eigenvalue weighted by molar-refractivity contribution is -0.123. The molecule has 0 heterocycles. The van der Waals surface area contributed by atoms with Crippen LogP contribution in [-0.4, -0.2) is 24.1 Å². The van der Waals surface area contributed by atoms with Gasteiger partial charge < -0.3 is 15.4 Å². The summed E-state index contributed by atoms with van der Waals surface area (Å²) >= 11 is 0. The smallest absolute Gasteiger partial charge is 0.408 e. The second-order valence-corrected chi connectivity index (χ2v) is 10.1. The molecule has 0 saturated carbocycles. The van der Waals surface area contributed by atoms with Crippen LogP contribution in [0.2, 0.25) is 0 Å². The van der Waals surface area contributed by atoms with E-state index >= 15 is 0 Å². The number of rotatable bonds is 23. The van der Waals surface area contributed by atoms with E-state index in [0.717, 1.165) is 44.1 Å². The molecule has 0 spiro atoms. The van der Waals surface area contributed by atoms with Crippen LogP contribution in [0.3, 0.4) is 0 Å². The Morgan fingerprint density at radius 1 is 0.757 bits per heavy atom. The van der Waals surface area contributed by atoms with E-state index in [-0.39, 0.29) is 18.6 Å². The third-order valence-electron chi connectivity index (χ3n) is 6.71. The highest BCUT2D eigenvalue weighted by Gasteiger charge is 2.20. The lowest BCUT2D eigenvalue weighted by Crippen LogP contribution is -2.48. The van der Waals surface area contributed by atoms with Gasteiger partial charge in [0.15, 0.2) is 0 Å². The summed E-state index contributed by atoms with van der Waals surface area (Å²) in [6, 6.07) is 9.03. The number of benzene rings is 1. The van der Waals surface area contributed by atoms with Gasteiger partial charge in [0.2, 0.25) is 5.91 Å². The first-order chi connectivity index (χ1) is 18.1. The lowest BCUT2D eigenvalue weighted by atomic mass is 9.99. The Morgan fingerprint density at radius 2 is 1.24 bits per heavy atom. The predicted octanol–water partition coefficient (Wildman–Crippen LogP) is 8.40. The first kappa shape index (κ1) is 32.5. The van der Waals surface area contributed by atoms with E-state index in [1.807, 2.05) is 42.5 Å². The van der Waals surface area contributed by atoms with Crippen LogP contribution in [-0.2, 0) is 16.1 Å². The third kappa shape index (κ3) is 18.4. The van der Waals surface area contributed by atoms with Crippen molar-refractivity contribution in [2.45, 2.75) is 128 Å². The fraction of sp³-hybridized carbons (Fsp3) is 0.625. The summed E-state index contributed by atoms with van der Waals surface area (Å²) in [4.78, 5) is 25.0. The number of hydrogen-bond acceptors (Lipinski definition) is 3. The molecule has 208 valence electrons. The average molecular weight is 513 g/mol. The average Bonchev–Trinajstić information content (AvgIpc) is 2.90. The molecule has 1 aromatic carbocycles. The summed E-state index contributed by atoms with van der Waals surface area (Å²) in [6.45, 7) is 9.47. The van der Waals surface area contributed by atoms with Gasteiger partial charge in [-0.2, -0.15) is 0 Å². The van der Waals surface area contributed by atoms with Gasteiger partial charge in [-0.1, -0.05) is 107 Å². The Labute approximate surface area is 226 Å². The van der Waals surface area contributed by atoms with E-state index in [1.165, 1.54) is 64.2 Å². The number of unbranched alkanes of at least 4 members (excludes halogenated alkanes) is 12. The third-order valence-corrected chi connectivity index (χ3v) is 6.71. The molecule has 2 amide bonds. The topological polar surface area (TPSA) is 67.4 Å². The Hall–Kier alpha value is -2.56. The molecular weight excluding hydrogens is 460 g/mol. The van der Waals surface area contributed by atoms with Gasteiger partial charge >= 0.3 is 6.09 Å². The normalized spacial score (nSPS) is 11.6. The largest absolute Gasteiger partial charge is 0.445 e. The minimum Gasteiger partial charge on any atom is -0.445 e. The molecule has 2 N–H and O–H groups in total. The molecule has 0 fully saturated rings. The Morgan fingerprint density at radius 3 is 1.76 bits per heavy atom. The fourth-order valence-corrected chi connectivity index (χ4v) is 4.40. The maximum Gasteiger partial charge on any atom is 0.408 e. The maximum atomic E-state index is 12.8. The quantitative estimate of drug-likeness (QED) is 0.114. The standard InChI is InChI=1S/C32H52N2O3/c1-4-6-8-10-12-14-16-21-25-30(26-22-17-15-13-11-9-7-5-2)34-31(35)28(3)33-32(36)37-27-29-23-19-18-20-24-29/h4-5,18-20,23-24,28,30H,1-2,6-17,21-22,25-27H2,3H3,(H,33,36)(H,34,35)/t28-/m0/s1. The number of carbonyl (C=O) groups is 2. The molecule has 0 aliphatic rings. The molecular formula is C32H52N2O3. The molecule has 0 bridgehead atoms. The van der Waals surface area contributed by atoms with E-state index in [9.17, 15) is 9.59 Å². The van der Waals surface area contributed by atoms with Gasteiger partial charge in [0.05, 0.1) is 0 Å². The molecule has 5 nitrogen and oxygen atoms in total. The van der Waals surface area contributed by atoms with Crippen molar-refractivity contribution in [2.75, 3.05) is 0 Å². The van der Waals surface area contributed by atoms with Crippen molar-refractivity contribution in [3.8, 4) is 0 Å². The van der Waals surface area contributed by atoms with E-state index in [4.69, 9.17) is 4.74 Å². The van der Waals surface area contributed by atoms with Crippen molar-refractivity contribution in [3.63, 3.8) is 0 Å². The van der Waals surface area contributed by atoms with Gasteiger partial charge in [-0.15, -0.1) is 13.2 Å². The number of carbonyl (C=O) groups excluding carboxylic acids is 2. The van der Waals surface area contributed by atoms with Gasteiger partial charge in [-0.3, -0.25) is 4.79 Å². The van der Waals surface area contributed by atoms with Crippen molar-refractivity contribution in [1.29, 1.82) is 0 Å². The number of nitrogens with one attached hydrogen (secondary N) is 2. The summed E-state index contributed by atoms with van der Waals surface area (Å²) < 4.78 is 5.27. The summed E-state index contributed by atoms with van der Waals surface area (Å²) in [7, 11) is 0. The van der Waals surface area contributed by atoms with Crippen molar-refractivity contribution >= 4 is 12.0 Å². The zero-order valence-corrected chi connectivity index (χ0v) is 23.4. The summed E-state index contributed by atoms with van der Waals surface area (Å²) in [5, 5.41) is 5.87. The Bertz CT molecular complexity index is 711. The zero-order chi connectivity index (χ0) is 27.0. The molecule has 0 aliphatic carbocycles. The highest BCUT2D eigenvalue weighted by atomic mass is 16.5. The molecule has 5 heteroatoms. The summed E-state index contributed by atoms with van der Waals surface area (Å²) in [5.41, 5.74) is 0.913. The summed E-state index contributed by atoms with van der Waals surface area (Å²) in [5.74, 6) is -0.143. The predicted molar refractivity (Wildman–Crippen MR) is 155 cm³/mol. The molecule has 1 atom stereocenters. The highest BCUT2D eigenvalue weighted by molar-refractivity contribution is 5.85. The Balaban J connectivity index is 2.39. The monoisotopic (exact) mass is 512 g/mol. The minimum atomic E-state index is -0.638. The number of amides is 2. The van der Waals surface area contributed by atoms with E-state index in [2.05, 4.69) is 23.8 Å². The van der Waals surface area contributed by atoms with Crippen LogP contribution in [0.4, 0.5) is 4.79 Å². The van der Waals surface area contributed by atoms with Gasteiger partial charge in [-0.05, 0) is 51.0 Å². The van der Waals surface area contributed by atoms with Crippen molar-refractivity contribution in [2.24, 2.45) is 0 Å². The SMILES string of the molecule is C=CCCCCCCCCC(CCCCCCCCC=C)NC(=O)[C@H](C)NC(=O)OCc1ccccc1. The van der Waals surface area contributed by atoms with Gasteiger partial charge in [0.1, 0.15) is 12.6 Å². The minimum absolute atomic E-state index is 0.143. The molecule has 0 radical (unpaired) electrons. The van der Waals surface area contributed by atoms with Crippen LogP contribution >= 0.6 is 0 Å². The van der Waals surface area contributed by atoms with Crippen LogP contribution in [0.15, 0.2) is 55.6 Å². The van der Waals surface area contributed by atoms with Gasteiger partial charge in [0, 0.05) is 6.04 Å². The van der Waals surface area contributed by atoms with Gasteiger partial charge in [0.25, 0.3) is 0 Å². The number of allylic oxidation sites excluding steroid dienone is 2. The van der Waals surface area contributed by atoms with Crippen molar-refractivity contribution in [1.82, 2.24) is 10.6 Å². The second-order valence-electron chi connectivity index (χ2n) is 10.1. The van der Waals surface area contributed by atoms with Crippen molar-refractivity contribution < 1.29 is 14.3 Å². The van der Waals surface area contributed by atoms with E-state index in [0.29, 0.717) is 0 Å². The van der Waals surface area contributed by atoms with Crippen LogP contribution in [0, 0.1) is 0 Å². The maximum absolute atomic E-state index is 12.8. The molecule has 1 aromatic rings. The van der Waals surface area contributed by atoms with E-state index < -0.39 is 12.1 Å². The van der Waals surface area contributed by atoms with Crippen molar-refractivity contribution in [3.05, 3.63) is 61.2 Å². The van der Waals surface area contributed by atoms with Crippen LogP contribution in [0.1, 0.15) is 115 Å². The van der Waals surface area contributed by atoms with Crippen LogP contribution < -0.4 is 10.6 Å². The molecule has 0 saturated heterocycles. The molecule has 0 aromatic heterocycles. The zero-order valence-electron chi connectivity index (χ0n) is 23.4. The number of ether oxygens (including phenoxy) is 1. The highest BCUT2D eigenvalue weighted by Crippen LogP contribution is 2.15. The molecule has 0 unspecified atom stereocenters. The van der Waals surface area contributed by atoms with Crippen LogP contribution in [0.25, 0.3) is 0 Å². The fourth-order valence-electron chi connectivity index (χ4n) is 4.40. The molecule has 37 heavy (non-hydrogen) atoms. The number of hydrogen-bond donors (Lipinski definition) is 2. The number of alkyl carbamates (subject to hydrolysis) is 1. The Kier molecular flexibility index (Phi) is 19.9. The first-order valence-electron chi connectivity index (χ1n) is 14.6. The molecule has 0 aliphatic heterocycles. The summed E-state index contributed by atoms with van der Waals surface area (Å²) in [6.07, 6.45) is 22.3. The molecule has 1 rings (SSSR count). The van der Waals surface area contributed by atoms with Gasteiger partial charge in [-0.25, -0.2) is 4.79 Å². The first-order valence-corrected chi connectivity index (χ1v) is 14.6. The second kappa shape index (κ2) is 22.6. The van der Waals surface area contributed by atoms with E-state index in [1.54, 1.807) is 6.92 Å². The van der Waals surface area contributed by atoms with Crippen LogP contribution in [0.5, 0.6) is 0 Å². The lowest BCUT2D eigenvalue weighted by Gasteiger charge is -2.22.